The molecule has 1 amide bonds. The average Bonchev–Trinajstić information content (AvgIpc) is 3.37. The Bertz CT molecular complexity index is 919. The van der Waals surface area contributed by atoms with E-state index in [2.05, 4.69) is 15.4 Å². The van der Waals surface area contributed by atoms with E-state index in [4.69, 9.17) is 0 Å². The summed E-state index contributed by atoms with van der Waals surface area (Å²) in [4.78, 5) is 26.1. The third-order valence-electron chi connectivity index (χ3n) is 4.01. The molecule has 0 radical (unpaired) electrons. The highest BCUT2D eigenvalue weighted by atomic mass is 16.2. The molecule has 1 fully saturated rings. The van der Waals surface area contributed by atoms with Crippen LogP contribution >= 0.6 is 0 Å². The van der Waals surface area contributed by atoms with E-state index >= 15 is 0 Å². The molecule has 1 aliphatic rings. The molecule has 6 nitrogen and oxygen atoms in total. The smallest absolute Gasteiger partial charge is 0.258 e. The molecule has 1 aromatic carbocycles. The highest BCUT2D eigenvalue weighted by Crippen LogP contribution is 2.40. The fourth-order valence-corrected chi connectivity index (χ4v) is 2.57. The van der Waals surface area contributed by atoms with Gasteiger partial charge in [0, 0.05) is 24.2 Å². The Labute approximate surface area is 138 Å². The summed E-state index contributed by atoms with van der Waals surface area (Å²) < 4.78 is 1.75. The highest BCUT2D eigenvalue weighted by molar-refractivity contribution is 6.03. The maximum absolute atomic E-state index is 12.4. The summed E-state index contributed by atoms with van der Waals surface area (Å²) in [6, 6.07) is 14.4. The number of pyridine rings is 1. The zero-order valence-corrected chi connectivity index (χ0v) is 12.9. The number of aromatic nitrogens is 3. The third kappa shape index (κ3) is 2.86. The van der Waals surface area contributed by atoms with Crippen molar-refractivity contribution in [2.75, 3.05) is 5.32 Å². The second-order valence-corrected chi connectivity index (χ2v) is 5.87. The van der Waals surface area contributed by atoms with Crippen LogP contribution in [0.5, 0.6) is 0 Å². The quantitative estimate of drug-likeness (QED) is 0.775. The van der Waals surface area contributed by atoms with Crippen LogP contribution in [0.25, 0.3) is 5.69 Å². The van der Waals surface area contributed by atoms with Gasteiger partial charge in [0.15, 0.2) is 0 Å². The first-order valence-electron chi connectivity index (χ1n) is 7.86. The molecule has 0 atom stereocenters. The van der Waals surface area contributed by atoms with Gasteiger partial charge in [-0.1, -0.05) is 18.2 Å². The van der Waals surface area contributed by atoms with E-state index in [1.165, 1.54) is 18.3 Å². The number of aromatic amines is 1. The predicted molar refractivity (Wildman–Crippen MR) is 90.6 cm³/mol. The van der Waals surface area contributed by atoms with Crippen molar-refractivity contribution in [3.05, 3.63) is 76.3 Å². The van der Waals surface area contributed by atoms with E-state index in [0.29, 0.717) is 17.3 Å². The van der Waals surface area contributed by atoms with Gasteiger partial charge in [-0.25, -0.2) is 4.68 Å². The molecule has 6 heteroatoms. The molecule has 24 heavy (non-hydrogen) atoms. The predicted octanol–water partition coefficient (Wildman–Crippen LogP) is 2.69. The van der Waals surface area contributed by atoms with Gasteiger partial charge in [-0.15, -0.1) is 0 Å². The molecule has 0 saturated heterocycles. The first-order chi connectivity index (χ1) is 11.7. The Balaban J connectivity index is 1.67. The number of anilines is 1. The first-order valence-corrected chi connectivity index (χ1v) is 7.86. The molecule has 0 bridgehead atoms. The lowest BCUT2D eigenvalue weighted by Gasteiger charge is -2.08. The van der Waals surface area contributed by atoms with Crippen LogP contribution in [0.1, 0.15) is 34.8 Å². The van der Waals surface area contributed by atoms with Gasteiger partial charge in [-0.3, -0.25) is 9.59 Å². The van der Waals surface area contributed by atoms with Crippen molar-refractivity contribution >= 4 is 11.7 Å². The van der Waals surface area contributed by atoms with Crippen molar-refractivity contribution in [3.63, 3.8) is 0 Å². The van der Waals surface area contributed by atoms with Gasteiger partial charge >= 0.3 is 0 Å². The van der Waals surface area contributed by atoms with E-state index in [1.807, 2.05) is 36.4 Å². The molecule has 0 aliphatic heterocycles. The lowest BCUT2D eigenvalue weighted by molar-refractivity contribution is 0.102. The summed E-state index contributed by atoms with van der Waals surface area (Å²) >= 11 is 0. The van der Waals surface area contributed by atoms with Crippen LogP contribution in [0.15, 0.2) is 59.5 Å². The molecule has 4 rings (SSSR count). The Hall–Kier alpha value is -3.15. The SMILES string of the molecule is O=C(Nc1cc(C2CC2)nn1-c1ccccc1)c1ccc(=O)[nH]c1. The van der Waals surface area contributed by atoms with Crippen molar-refractivity contribution < 1.29 is 4.79 Å². The topological polar surface area (TPSA) is 79.8 Å². The second-order valence-electron chi connectivity index (χ2n) is 5.87. The van der Waals surface area contributed by atoms with Crippen molar-refractivity contribution in [1.29, 1.82) is 0 Å². The summed E-state index contributed by atoms with van der Waals surface area (Å²) in [5.74, 6) is 0.823. The van der Waals surface area contributed by atoms with Crippen molar-refractivity contribution in [3.8, 4) is 5.69 Å². The average molecular weight is 320 g/mol. The highest BCUT2D eigenvalue weighted by Gasteiger charge is 2.28. The number of carbonyl (C=O) groups excluding carboxylic acids is 1. The van der Waals surface area contributed by atoms with E-state index in [9.17, 15) is 9.59 Å². The van der Waals surface area contributed by atoms with Crippen molar-refractivity contribution in [1.82, 2.24) is 14.8 Å². The maximum atomic E-state index is 12.4. The minimum Gasteiger partial charge on any atom is -0.328 e. The summed E-state index contributed by atoms with van der Waals surface area (Å²) in [5, 5.41) is 7.53. The van der Waals surface area contributed by atoms with Gasteiger partial charge in [0.2, 0.25) is 5.56 Å². The minimum atomic E-state index is -0.286. The third-order valence-corrected chi connectivity index (χ3v) is 4.01. The number of carbonyl (C=O) groups is 1. The van der Waals surface area contributed by atoms with Crippen LogP contribution in [-0.4, -0.2) is 20.7 Å². The molecule has 3 aromatic rings. The van der Waals surface area contributed by atoms with Gasteiger partial charge in [-0.2, -0.15) is 5.10 Å². The van der Waals surface area contributed by atoms with Crippen LogP contribution in [0, 0.1) is 0 Å². The molecule has 120 valence electrons. The van der Waals surface area contributed by atoms with Crippen LogP contribution in [-0.2, 0) is 0 Å². The van der Waals surface area contributed by atoms with E-state index in [1.54, 1.807) is 4.68 Å². The Morgan fingerprint density at radius 3 is 2.62 bits per heavy atom. The zero-order valence-electron chi connectivity index (χ0n) is 12.9. The molecule has 2 N–H and O–H groups in total. The molecule has 1 aliphatic carbocycles. The fraction of sp³-hybridized carbons (Fsp3) is 0.167. The van der Waals surface area contributed by atoms with Gasteiger partial charge in [0.25, 0.3) is 5.91 Å². The number of amides is 1. The summed E-state index contributed by atoms with van der Waals surface area (Å²) in [7, 11) is 0. The minimum absolute atomic E-state index is 0.239. The number of rotatable bonds is 4. The largest absolute Gasteiger partial charge is 0.328 e. The van der Waals surface area contributed by atoms with E-state index < -0.39 is 0 Å². The number of H-pyrrole nitrogens is 1. The van der Waals surface area contributed by atoms with Gasteiger partial charge in [-0.05, 0) is 31.0 Å². The Morgan fingerprint density at radius 1 is 1.17 bits per heavy atom. The Morgan fingerprint density at radius 2 is 1.96 bits per heavy atom. The normalized spacial score (nSPS) is 13.7. The number of para-hydroxylation sites is 1. The molecule has 1 saturated carbocycles. The first kappa shape index (κ1) is 14.4. The van der Waals surface area contributed by atoms with Crippen molar-refractivity contribution in [2.24, 2.45) is 0 Å². The van der Waals surface area contributed by atoms with Crippen LogP contribution in [0.3, 0.4) is 0 Å². The summed E-state index contributed by atoms with van der Waals surface area (Å²) in [5.41, 5.74) is 2.04. The molecular formula is C18H16N4O2. The molecule has 2 heterocycles. The van der Waals surface area contributed by atoms with Gasteiger partial charge < -0.3 is 10.3 Å². The number of hydrogen-bond acceptors (Lipinski definition) is 3. The Kier molecular flexibility index (Phi) is 3.49. The van der Waals surface area contributed by atoms with Crippen LogP contribution < -0.4 is 10.9 Å². The molecule has 0 unspecified atom stereocenters. The standard InChI is InChI=1S/C18H16N4O2/c23-17-9-8-13(11-19-17)18(24)20-16-10-15(12-6-7-12)21-22(16)14-4-2-1-3-5-14/h1-5,8-12H,6-7H2,(H,19,23)(H,20,24). The van der Waals surface area contributed by atoms with Gasteiger partial charge in [0.05, 0.1) is 16.9 Å². The van der Waals surface area contributed by atoms with Crippen LogP contribution in [0.4, 0.5) is 5.82 Å². The van der Waals surface area contributed by atoms with E-state index in [-0.39, 0.29) is 11.5 Å². The monoisotopic (exact) mass is 320 g/mol. The fourth-order valence-electron chi connectivity index (χ4n) is 2.57. The lowest BCUT2D eigenvalue weighted by atomic mass is 10.2. The van der Waals surface area contributed by atoms with Crippen LogP contribution in [0.2, 0.25) is 0 Å². The summed E-state index contributed by atoms with van der Waals surface area (Å²) in [6.45, 7) is 0. The number of hydrogen-bond donors (Lipinski definition) is 2. The summed E-state index contributed by atoms with van der Waals surface area (Å²) in [6.07, 6.45) is 3.68. The number of nitrogens with zero attached hydrogens (tertiary/aromatic N) is 2. The lowest BCUT2D eigenvalue weighted by Crippen LogP contribution is -2.16. The molecule has 0 spiro atoms. The number of nitrogens with one attached hydrogen (secondary N) is 2. The number of benzene rings is 1. The maximum Gasteiger partial charge on any atom is 0.258 e. The van der Waals surface area contributed by atoms with Gasteiger partial charge in [0.1, 0.15) is 5.82 Å². The zero-order chi connectivity index (χ0) is 16.5. The van der Waals surface area contributed by atoms with Crippen molar-refractivity contribution in [2.45, 2.75) is 18.8 Å². The molecule has 2 aromatic heterocycles. The second kappa shape index (κ2) is 5.81. The molecular weight excluding hydrogens is 304 g/mol. The van der Waals surface area contributed by atoms with E-state index in [0.717, 1.165) is 24.2 Å².